The van der Waals surface area contributed by atoms with E-state index in [4.69, 9.17) is 4.74 Å². The van der Waals surface area contributed by atoms with Crippen molar-refractivity contribution in [3.8, 4) is 0 Å². The summed E-state index contributed by atoms with van der Waals surface area (Å²) in [5.41, 5.74) is 1.98. The first-order chi connectivity index (χ1) is 9.13. The van der Waals surface area contributed by atoms with Crippen molar-refractivity contribution in [2.75, 3.05) is 25.5 Å². The normalized spacial score (nSPS) is 16.7. The van der Waals surface area contributed by atoms with Gasteiger partial charge in [0.15, 0.2) is 0 Å². The van der Waals surface area contributed by atoms with Crippen LogP contribution in [0.4, 0.5) is 5.69 Å². The highest BCUT2D eigenvalue weighted by molar-refractivity contribution is 5.92. The first-order valence-corrected chi connectivity index (χ1v) is 6.76. The van der Waals surface area contributed by atoms with Gasteiger partial charge < -0.3 is 15.4 Å². The third-order valence-corrected chi connectivity index (χ3v) is 3.77. The van der Waals surface area contributed by atoms with Gasteiger partial charge in [-0.3, -0.25) is 4.79 Å². The van der Waals surface area contributed by atoms with Crippen molar-refractivity contribution in [2.24, 2.45) is 0 Å². The summed E-state index contributed by atoms with van der Waals surface area (Å²) < 4.78 is 5.49. The Bertz CT molecular complexity index is 419. The van der Waals surface area contributed by atoms with E-state index in [0.717, 1.165) is 25.1 Å². The van der Waals surface area contributed by atoms with Crippen molar-refractivity contribution in [1.82, 2.24) is 5.32 Å². The van der Waals surface area contributed by atoms with E-state index in [1.807, 2.05) is 31.2 Å². The number of amides is 1. The molecule has 2 rings (SSSR count). The van der Waals surface area contributed by atoms with Gasteiger partial charge in [-0.25, -0.2) is 0 Å². The first-order valence-electron chi connectivity index (χ1n) is 6.76. The molecule has 4 nitrogen and oxygen atoms in total. The van der Waals surface area contributed by atoms with E-state index in [-0.39, 0.29) is 11.5 Å². The maximum Gasteiger partial charge on any atom is 0.238 e. The second-order valence-corrected chi connectivity index (χ2v) is 5.26. The smallest absolute Gasteiger partial charge is 0.238 e. The van der Waals surface area contributed by atoms with E-state index in [1.165, 1.54) is 12.0 Å². The SMILES string of the molecule is COC1(CNCC(=O)Nc2ccc(C)cc2)CCC1. The molecule has 104 valence electrons. The van der Waals surface area contributed by atoms with Crippen LogP contribution >= 0.6 is 0 Å². The van der Waals surface area contributed by atoms with E-state index in [9.17, 15) is 4.79 Å². The number of ether oxygens (including phenoxy) is 1. The fraction of sp³-hybridized carbons (Fsp3) is 0.533. The number of anilines is 1. The zero-order valence-corrected chi connectivity index (χ0v) is 11.7. The maximum atomic E-state index is 11.8. The van der Waals surface area contributed by atoms with Crippen LogP contribution in [0.2, 0.25) is 0 Å². The highest BCUT2D eigenvalue weighted by Gasteiger charge is 2.36. The van der Waals surface area contributed by atoms with E-state index >= 15 is 0 Å². The Labute approximate surface area is 114 Å². The summed E-state index contributed by atoms with van der Waals surface area (Å²) in [6.45, 7) is 3.08. The van der Waals surface area contributed by atoms with E-state index in [0.29, 0.717) is 6.54 Å². The number of nitrogens with one attached hydrogen (secondary N) is 2. The number of hydrogen-bond donors (Lipinski definition) is 2. The zero-order chi connectivity index (χ0) is 13.7. The molecule has 0 spiro atoms. The van der Waals surface area contributed by atoms with Crippen molar-refractivity contribution in [1.29, 1.82) is 0 Å². The molecule has 0 bridgehead atoms. The zero-order valence-electron chi connectivity index (χ0n) is 11.7. The third-order valence-electron chi connectivity index (χ3n) is 3.77. The summed E-state index contributed by atoms with van der Waals surface area (Å²) in [5.74, 6) is -0.0190. The molecule has 0 atom stereocenters. The molecule has 1 amide bonds. The molecule has 1 aromatic carbocycles. The fourth-order valence-electron chi connectivity index (χ4n) is 2.27. The Hall–Kier alpha value is -1.39. The molecular formula is C15H22N2O2. The van der Waals surface area contributed by atoms with Crippen molar-refractivity contribution in [3.05, 3.63) is 29.8 Å². The highest BCUT2D eigenvalue weighted by Crippen LogP contribution is 2.34. The average Bonchev–Trinajstić information content (AvgIpc) is 2.35. The van der Waals surface area contributed by atoms with Crippen LogP contribution in [0.5, 0.6) is 0 Å². The summed E-state index contributed by atoms with van der Waals surface area (Å²) in [7, 11) is 1.74. The second kappa shape index (κ2) is 6.17. The molecule has 1 aromatic rings. The highest BCUT2D eigenvalue weighted by atomic mass is 16.5. The van der Waals surface area contributed by atoms with Crippen molar-refractivity contribution >= 4 is 11.6 Å². The van der Waals surface area contributed by atoms with Crippen LogP contribution in [0.1, 0.15) is 24.8 Å². The standard InChI is InChI=1S/C15H22N2O2/c1-12-4-6-13(7-5-12)17-14(18)10-16-11-15(19-2)8-3-9-15/h4-7,16H,3,8-11H2,1-2H3,(H,17,18). The number of aryl methyl sites for hydroxylation is 1. The van der Waals surface area contributed by atoms with Crippen LogP contribution in [0.3, 0.4) is 0 Å². The minimum atomic E-state index is -0.0376. The average molecular weight is 262 g/mol. The number of benzene rings is 1. The minimum Gasteiger partial charge on any atom is -0.377 e. The number of rotatable bonds is 6. The molecule has 19 heavy (non-hydrogen) atoms. The van der Waals surface area contributed by atoms with Gasteiger partial charge in [-0.2, -0.15) is 0 Å². The predicted molar refractivity (Wildman–Crippen MR) is 76.3 cm³/mol. The van der Waals surface area contributed by atoms with E-state index in [2.05, 4.69) is 10.6 Å². The lowest BCUT2D eigenvalue weighted by molar-refractivity contribution is -0.116. The van der Waals surface area contributed by atoms with Crippen LogP contribution in [-0.4, -0.2) is 31.7 Å². The molecule has 0 radical (unpaired) electrons. The molecule has 0 aliphatic heterocycles. The molecule has 1 aliphatic rings. The minimum absolute atomic E-state index is 0.0190. The Morgan fingerprint density at radius 3 is 2.53 bits per heavy atom. The molecule has 0 aromatic heterocycles. The van der Waals surface area contributed by atoms with Gasteiger partial charge in [0.05, 0.1) is 12.1 Å². The lowest BCUT2D eigenvalue weighted by atomic mass is 9.80. The number of carbonyl (C=O) groups excluding carboxylic acids is 1. The predicted octanol–water partition coefficient (Wildman–Crippen LogP) is 2.09. The van der Waals surface area contributed by atoms with E-state index < -0.39 is 0 Å². The Morgan fingerprint density at radius 2 is 2.00 bits per heavy atom. The topological polar surface area (TPSA) is 50.4 Å². The van der Waals surface area contributed by atoms with Gasteiger partial charge in [-0.1, -0.05) is 17.7 Å². The van der Waals surface area contributed by atoms with Gasteiger partial charge in [0.1, 0.15) is 0 Å². The molecule has 2 N–H and O–H groups in total. The van der Waals surface area contributed by atoms with Crippen molar-refractivity contribution in [3.63, 3.8) is 0 Å². The largest absolute Gasteiger partial charge is 0.377 e. The van der Waals surface area contributed by atoms with Gasteiger partial charge in [0, 0.05) is 19.3 Å². The molecule has 4 heteroatoms. The van der Waals surface area contributed by atoms with Crippen LogP contribution in [-0.2, 0) is 9.53 Å². The number of carbonyl (C=O) groups is 1. The van der Waals surface area contributed by atoms with Crippen LogP contribution in [0.25, 0.3) is 0 Å². The first kappa shape index (κ1) is 14.0. The second-order valence-electron chi connectivity index (χ2n) is 5.26. The number of hydrogen-bond acceptors (Lipinski definition) is 3. The quantitative estimate of drug-likeness (QED) is 0.825. The lowest BCUT2D eigenvalue weighted by Gasteiger charge is -2.40. The van der Waals surface area contributed by atoms with Crippen LogP contribution < -0.4 is 10.6 Å². The maximum absolute atomic E-state index is 11.8. The summed E-state index contributed by atoms with van der Waals surface area (Å²) in [6, 6.07) is 7.79. The van der Waals surface area contributed by atoms with Gasteiger partial charge in [-0.15, -0.1) is 0 Å². The van der Waals surface area contributed by atoms with Crippen LogP contribution in [0.15, 0.2) is 24.3 Å². The Morgan fingerprint density at radius 1 is 1.32 bits per heavy atom. The van der Waals surface area contributed by atoms with Gasteiger partial charge in [0.2, 0.25) is 5.91 Å². The fourth-order valence-corrected chi connectivity index (χ4v) is 2.27. The summed E-state index contributed by atoms with van der Waals surface area (Å²) in [4.78, 5) is 11.8. The molecule has 0 unspecified atom stereocenters. The molecule has 0 heterocycles. The summed E-state index contributed by atoms with van der Waals surface area (Å²) in [5, 5.41) is 6.04. The van der Waals surface area contributed by atoms with Crippen molar-refractivity contribution < 1.29 is 9.53 Å². The van der Waals surface area contributed by atoms with E-state index in [1.54, 1.807) is 7.11 Å². The Balaban J connectivity index is 1.71. The van der Waals surface area contributed by atoms with Gasteiger partial charge in [-0.05, 0) is 38.3 Å². The molecule has 0 saturated heterocycles. The lowest BCUT2D eigenvalue weighted by Crippen LogP contribution is -2.49. The monoisotopic (exact) mass is 262 g/mol. The Kier molecular flexibility index (Phi) is 4.56. The summed E-state index contributed by atoms with van der Waals surface area (Å²) >= 11 is 0. The number of methoxy groups -OCH3 is 1. The molecule has 1 aliphatic carbocycles. The molecule has 1 saturated carbocycles. The third kappa shape index (κ3) is 3.78. The molecule has 1 fully saturated rings. The van der Waals surface area contributed by atoms with Gasteiger partial charge in [0.25, 0.3) is 0 Å². The van der Waals surface area contributed by atoms with Crippen LogP contribution in [0, 0.1) is 6.92 Å². The van der Waals surface area contributed by atoms with Gasteiger partial charge >= 0.3 is 0 Å². The van der Waals surface area contributed by atoms with Crippen molar-refractivity contribution in [2.45, 2.75) is 31.8 Å². The summed E-state index contributed by atoms with van der Waals surface area (Å²) in [6.07, 6.45) is 3.37. The molecular weight excluding hydrogens is 240 g/mol.